The third kappa shape index (κ3) is 3.95. The molecule has 8 nitrogen and oxygen atoms in total. The molecule has 0 radical (unpaired) electrons. The summed E-state index contributed by atoms with van der Waals surface area (Å²) in [5.74, 6) is 1.03. The Bertz CT molecular complexity index is 738. The summed E-state index contributed by atoms with van der Waals surface area (Å²) in [4.78, 5) is 30.2. The third-order valence-electron chi connectivity index (χ3n) is 2.86. The summed E-state index contributed by atoms with van der Waals surface area (Å²) in [5.41, 5.74) is 0.479. The molecule has 0 aliphatic heterocycles. The van der Waals surface area contributed by atoms with E-state index in [1.54, 1.807) is 12.3 Å². The van der Waals surface area contributed by atoms with Crippen LogP contribution in [0.15, 0.2) is 29.3 Å². The van der Waals surface area contributed by atoms with Gasteiger partial charge in [0.1, 0.15) is 0 Å². The number of hydrogen-bond donors (Lipinski definition) is 0. The van der Waals surface area contributed by atoms with Crippen molar-refractivity contribution in [2.45, 2.75) is 10.6 Å². The number of aldehydes is 1. The normalized spacial score (nSPS) is 10.2. The molecule has 2 aromatic rings. The number of ether oxygens (including phenoxy) is 2. The Kier molecular flexibility index (Phi) is 5.47. The summed E-state index contributed by atoms with van der Waals surface area (Å²) >= 11 is 1.38. The minimum atomic E-state index is -0.585. The van der Waals surface area contributed by atoms with E-state index in [0.29, 0.717) is 28.5 Å². The van der Waals surface area contributed by atoms with Crippen LogP contribution in [0.3, 0.4) is 0 Å². The van der Waals surface area contributed by atoms with E-state index in [1.165, 1.54) is 38.1 Å². The predicted molar refractivity (Wildman–Crippen MR) is 83.2 cm³/mol. The first-order chi connectivity index (χ1) is 11.1. The van der Waals surface area contributed by atoms with Gasteiger partial charge in [0.15, 0.2) is 6.29 Å². The monoisotopic (exact) mass is 335 g/mol. The lowest BCUT2D eigenvalue weighted by molar-refractivity contribution is -0.385. The van der Waals surface area contributed by atoms with Gasteiger partial charge in [-0.15, -0.1) is 11.8 Å². The topological polar surface area (TPSA) is 104 Å². The van der Waals surface area contributed by atoms with Crippen LogP contribution >= 0.6 is 11.8 Å². The number of rotatable bonds is 7. The molecule has 23 heavy (non-hydrogen) atoms. The van der Waals surface area contributed by atoms with Crippen LogP contribution in [0, 0.1) is 10.1 Å². The van der Waals surface area contributed by atoms with Crippen LogP contribution < -0.4 is 9.47 Å². The highest BCUT2D eigenvalue weighted by atomic mass is 32.2. The average molecular weight is 335 g/mol. The molecule has 120 valence electrons. The number of benzene rings is 1. The van der Waals surface area contributed by atoms with Gasteiger partial charge < -0.3 is 9.47 Å². The van der Waals surface area contributed by atoms with Crippen molar-refractivity contribution in [1.82, 2.24) is 9.97 Å². The molecule has 0 N–H and O–H groups in total. The van der Waals surface area contributed by atoms with Gasteiger partial charge in [-0.2, -0.15) is 0 Å². The molecular weight excluding hydrogens is 322 g/mol. The van der Waals surface area contributed by atoms with Crippen molar-refractivity contribution in [3.63, 3.8) is 0 Å². The molecule has 0 fully saturated rings. The Morgan fingerprint density at radius 3 is 2.65 bits per heavy atom. The Labute approximate surface area is 136 Å². The molecule has 1 aromatic carbocycles. The first-order valence-corrected chi connectivity index (χ1v) is 7.38. The number of methoxy groups -OCH3 is 2. The van der Waals surface area contributed by atoms with Crippen molar-refractivity contribution in [2.24, 2.45) is 0 Å². The van der Waals surface area contributed by atoms with Crippen LogP contribution in [-0.2, 0) is 5.75 Å². The number of carbonyl (C=O) groups is 1. The van der Waals surface area contributed by atoms with E-state index < -0.39 is 4.92 Å². The van der Waals surface area contributed by atoms with Crippen molar-refractivity contribution < 1.29 is 19.2 Å². The summed E-state index contributed by atoms with van der Waals surface area (Å²) in [5, 5.41) is 10.8. The maximum absolute atomic E-state index is 10.9. The highest BCUT2D eigenvalue weighted by Crippen LogP contribution is 2.28. The Morgan fingerprint density at radius 1 is 1.30 bits per heavy atom. The predicted octanol–water partition coefficient (Wildman–Crippen LogP) is 2.51. The van der Waals surface area contributed by atoms with E-state index in [-0.39, 0.29) is 17.1 Å². The fourth-order valence-electron chi connectivity index (χ4n) is 1.78. The number of nitrogens with zero attached hydrogens (tertiary/aromatic N) is 3. The van der Waals surface area contributed by atoms with Crippen LogP contribution in [0.4, 0.5) is 5.69 Å². The zero-order valence-corrected chi connectivity index (χ0v) is 13.2. The Morgan fingerprint density at radius 2 is 2.04 bits per heavy atom. The van der Waals surface area contributed by atoms with Gasteiger partial charge in [-0.05, 0) is 12.1 Å². The van der Waals surface area contributed by atoms with Gasteiger partial charge in [-0.25, -0.2) is 9.97 Å². The number of aromatic nitrogens is 2. The number of nitro benzene ring substituents is 1. The molecular formula is C14H13N3O5S. The minimum absolute atomic E-state index is 0.0402. The largest absolute Gasteiger partial charge is 0.477 e. The van der Waals surface area contributed by atoms with Crippen LogP contribution in [0.2, 0.25) is 0 Å². The molecule has 0 bridgehead atoms. The van der Waals surface area contributed by atoms with Gasteiger partial charge in [0, 0.05) is 16.7 Å². The summed E-state index contributed by atoms with van der Waals surface area (Å²) in [6, 6.07) is 4.38. The van der Waals surface area contributed by atoms with E-state index in [4.69, 9.17) is 9.47 Å². The number of hydrogen-bond acceptors (Lipinski definition) is 8. The fraction of sp³-hybridized carbons (Fsp3) is 0.214. The lowest BCUT2D eigenvalue weighted by Crippen LogP contribution is -1.99. The third-order valence-corrected chi connectivity index (χ3v) is 3.88. The van der Waals surface area contributed by atoms with Crippen LogP contribution in [0.25, 0.3) is 0 Å². The molecule has 0 unspecified atom stereocenters. The molecule has 9 heteroatoms. The molecule has 0 aliphatic carbocycles. The Hall–Kier alpha value is -2.68. The molecule has 0 aliphatic rings. The summed E-state index contributed by atoms with van der Waals surface area (Å²) in [6.07, 6.45) is 2.03. The van der Waals surface area contributed by atoms with Crippen molar-refractivity contribution in [1.29, 1.82) is 0 Å². The molecule has 0 saturated heterocycles. The fourth-order valence-corrected chi connectivity index (χ4v) is 2.61. The summed E-state index contributed by atoms with van der Waals surface area (Å²) < 4.78 is 10.1. The summed E-state index contributed by atoms with van der Waals surface area (Å²) in [7, 11) is 2.94. The molecule has 2 rings (SSSR count). The van der Waals surface area contributed by atoms with E-state index in [0.717, 1.165) is 0 Å². The number of nitro groups is 1. The highest BCUT2D eigenvalue weighted by molar-refractivity contribution is 7.98. The van der Waals surface area contributed by atoms with E-state index >= 15 is 0 Å². The van der Waals surface area contributed by atoms with Gasteiger partial charge in [0.2, 0.25) is 0 Å². The SMILES string of the molecule is COc1ncc(CSc2ccc([N+](=O)[O-])c(C=O)c2)nc1OC. The molecule has 1 heterocycles. The highest BCUT2D eigenvalue weighted by Gasteiger charge is 2.14. The van der Waals surface area contributed by atoms with Gasteiger partial charge in [0.05, 0.1) is 36.6 Å². The van der Waals surface area contributed by atoms with Gasteiger partial charge in [-0.1, -0.05) is 0 Å². The zero-order chi connectivity index (χ0) is 16.8. The standard InChI is InChI=1S/C14H13N3O5S/c1-21-13-14(22-2)16-10(6-15-13)8-23-11-3-4-12(17(19)20)9(5-11)7-18/h3-7H,8H2,1-2H3. The molecule has 1 aromatic heterocycles. The lowest BCUT2D eigenvalue weighted by atomic mass is 10.2. The van der Waals surface area contributed by atoms with Crippen molar-refractivity contribution in [2.75, 3.05) is 14.2 Å². The zero-order valence-electron chi connectivity index (χ0n) is 12.4. The van der Waals surface area contributed by atoms with Crippen molar-refractivity contribution in [3.8, 4) is 11.8 Å². The van der Waals surface area contributed by atoms with E-state index in [9.17, 15) is 14.9 Å². The van der Waals surface area contributed by atoms with Gasteiger partial charge in [-0.3, -0.25) is 14.9 Å². The second kappa shape index (κ2) is 7.54. The van der Waals surface area contributed by atoms with Crippen molar-refractivity contribution in [3.05, 3.63) is 45.8 Å². The lowest BCUT2D eigenvalue weighted by Gasteiger charge is -2.07. The van der Waals surface area contributed by atoms with E-state index in [1.807, 2.05) is 0 Å². The molecule has 0 amide bonds. The van der Waals surface area contributed by atoms with Crippen LogP contribution in [0.5, 0.6) is 11.8 Å². The smallest absolute Gasteiger partial charge is 0.279 e. The molecule has 0 atom stereocenters. The first-order valence-electron chi connectivity index (χ1n) is 6.39. The van der Waals surface area contributed by atoms with Crippen LogP contribution in [0.1, 0.15) is 16.1 Å². The average Bonchev–Trinajstić information content (AvgIpc) is 2.59. The minimum Gasteiger partial charge on any atom is -0.477 e. The second-order valence-corrected chi connectivity index (χ2v) is 5.31. The Balaban J connectivity index is 2.15. The van der Waals surface area contributed by atoms with Crippen LogP contribution in [-0.4, -0.2) is 35.4 Å². The second-order valence-electron chi connectivity index (χ2n) is 4.26. The molecule has 0 spiro atoms. The van der Waals surface area contributed by atoms with Gasteiger partial charge >= 0.3 is 0 Å². The number of thioether (sulfide) groups is 1. The maximum atomic E-state index is 10.9. The molecule has 0 saturated carbocycles. The maximum Gasteiger partial charge on any atom is 0.279 e. The quantitative estimate of drug-likeness (QED) is 0.329. The number of carbonyl (C=O) groups excluding carboxylic acids is 1. The summed E-state index contributed by atoms with van der Waals surface area (Å²) in [6.45, 7) is 0. The van der Waals surface area contributed by atoms with Crippen molar-refractivity contribution >= 4 is 23.7 Å². The van der Waals surface area contributed by atoms with Gasteiger partial charge in [0.25, 0.3) is 17.4 Å². The van der Waals surface area contributed by atoms with E-state index in [2.05, 4.69) is 9.97 Å². The first kappa shape index (κ1) is 16.7.